The van der Waals surface area contributed by atoms with Crippen LogP contribution in [0.15, 0.2) is 24.3 Å². The van der Waals surface area contributed by atoms with Gasteiger partial charge in [0.05, 0.1) is 0 Å². The summed E-state index contributed by atoms with van der Waals surface area (Å²) >= 11 is 0. The van der Waals surface area contributed by atoms with Gasteiger partial charge in [0.15, 0.2) is 0 Å². The van der Waals surface area contributed by atoms with Crippen LogP contribution < -0.4 is 17.0 Å². The summed E-state index contributed by atoms with van der Waals surface area (Å²) in [5.41, 5.74) is 1.98. The molecule has 1 nitrogen and oxygen atoms in total. The molecule has 1 aliphatic heterocycles. The van der Waals surface area contributed by atoms with Crippen molar-refractivity contribution in [1.29, 1.82) is 0 Å². The SMILES string of the molecule is CC1(C)CCCC(C)(C)N1Cc1c[c-]ccc1.[Br-].[Mg+2]. The van der Waals surface area contributed by atoms with E-state index in [0.717, 1.165) is 6.54 Å². The van der Waals surface area contributed by atoms with Gasteiger partial charge in [-0.2, -0.15) is 30.3 Å². The van der Waals surface area contributed by atoms with Crippen molar-refractivity contribution >= 4 is 23.1 Å². The molecule has 0 aliphatic carbocycles. The van der Waals surface area contributed by atoms with Gasteiger partial charge >= 0.3 is 23.1 Å². The van der Waals surface area contributed by atoms with Gasteiger partial charge in [-0.15, -0.1) is 5.56 Å². The van der Waals surface area contributed by atoms with Crippen molar-refractivity contribution in [2.45, 2.75) is 64.6 Å². The van der Waals surface area contributed by atoms with Crippen molar-refractivity contribution in [2.75, 3.05) is 0 Å². The summed E-state index contributed by atoms with van der Waals surface area (Å²) in [5, 5.41) is 0. The Kier molecular flexibility index (Phi) is 7.61. The van der Waals surface area contributed by atoms with Crippen LogP contribution in [-0.4, -0.2) is 39.0 Å². The van der Waals surface area contributed by atoms with Crippen LogP contribution in [0.1, 0.15) is 52.5 Å². The molecule has 1 aliphatic rings. The van der Waals surface area contributed by atoms with Crippen molar-refractivity contribution in [1.82, 2.24) is 4.90 Å². The zero-order chi connectivity index (χ0) is 12.5. The summed E-state index contributed by atoms with van der Waals surface area (Å²) in [4.78, 5) is 2.66. The van der Waals surface area contributed by atoms with Gasteiger partial charge in [0.1, 0.15) is 0 Å². The first-order valence-electron chi connectivity index (χ1n) is 6.65. The molecule has 19 heavy (non-hydrogen) atoms. The standard InChI is InChI=1S/C16H24N.BrH.Mg/c1-15(2)11-8-12-16(3,4)17(15)13-14-9-6-5-7-10-14;;/h5-6,9-10H,8,11-13H2,1-4H3;1H;/q-1;;+2/p-1. The smallest absolute Gasteiger partial charge is 1.00 e. The average molecular weight is 335 g/mol. The van der Waals surface area contributed by atoms with E-state index in [0.29, 0.717) is 11.1 Å². The summed E-state index contributed by atoms with van der Waals surface area (Å²) in [5.74, 6) is 0. The maximum absolute atomic E-state index is 3.18. The Bertz CT molecular complexity index is 360. The molecule has 0 unspecified atom stereocenters. The van der Waals surface area contributed by atoms with E-state index in [9.17, 15) is 0 Å². The first kappa shape index (κ1) is 19.4. The maximum atomic E-state index is 3.18. The Hall–Kier alpha value is 0.426. The van der Waals surface area contributed by atoms with E-state index in [1.54, 1.807) is 0 Å². The molecule has 0 radical (unpaired) electrons. The molecule has 0 aromatic heterocycles. The monoisotopic (exact) mass is 333 g/mol. The Balaban J connectivity index is 0.00000162. The molecule has 1 saturated heterocycles. The van der Waals surface area contributed by atoms with Crippen molar-refractivity contribution in [2.24, 2.45) is 0 Å². The second-order valence-corrected chi connectivity index (χ2v) is 6.48. The number of hydrogen-bond acceptors (Lipinski definition) is 1. The normalized spacial score (nSPS) is 21.1. The second-order valence-electron chi connectivity index (χ2n) is 6.48. The van der Waals surface area contributed by atoms with Crippen molar-refractivity contribution < 1.29 is 17.0 Å². The molecule has 0 atom stereocenters. The predicted octanol–water partition coefficient (Wildman–Crippen LogP) is 0.653. The molecule has 3 heteroatoms. The quantitative estimate of drug-likeness (QED) is 0.567. The molecule has 102 valence electrons. The van der Waals surface area contributed by atoms with Crippen LogP contribution in [0.25, 0.3) is 0 Å². The number of likely N-dealkylation sites (tertiary alicyclic amines) is 1. The minimum absolute atomic E-state index is 0. The molecule has 0 amide bonds. The largest absolute Gasteiger partial charge is 2.00 e. The summed E-state index contributed by atoms with van der Waals surface area (Å²) < 4.78 is 0. The topological polar surface area (TPSA) is 3.24 Å². The Morgan fingerprint density at radius 1 is 1.16 bits per heavy atom. The van der Waals surface area contributed by atoms with Gasteiger partial charge in [-0.1, -0.05) is 0 Å². The number of halogens is 1. The molecule has 1 aromatic rings. The van der Waals surface area contributed by atoms with Gasteiger partial charge in [0.25, 0.3) is 0 Å². The van der Waals surface area contributed by atoms with Crippen LogP contribution in [0.2, 0.25) is 0 Å². The summed E-state index contributed by atoms with van der Waals surface area (Å²) in [6.45, 7) is 10.5. The van der Waals surface area contributed by atoms with Crippen molar-refractivity contribution in [3.8, 4) is 0 Å². The molecule has 0 spiro atoms. The maximum Gasteiger partial charge on any atom is 2.00 e. The van der Waals surface area contributed by atoms with E-state index in [-0.39, 0.29) is 40.0 Å². The summed E-state index contributed by atoms with van der Waals surface area (Å²) in [6.07, 6.45) is 3.94. The molecule has 0 bridgehead atoms. The first-order chi connectivity index (χ1) is 7.92. The van der Waals surface area contributed by atoms with Gasteiger partial charge < -0.3 is 21.9 Å². The molecule has 1 fully saturated rings. The van der Waals surface area contributed by atoms with E-state index in [4.69, 9.17) is 0 Å². The molecule has 0 N–H and O–H groups in total. The minimum atomic E-state index is 0. The van der Waals surface area contributed by atoms with Gasteiger partial charge in [-0.25, -0.2) is 0 Å². The molecular formula is C16H24BrMgN. The molecule has 1 heterocycles. The van der Waals surface area contributed by atoms with Crippen LogP contribution >= 0.6 is 0 Å². The van der Waals surface area contributed by atoms with E-state index < -0.39 is 0 Å². The average Bonchev–Trinajstić information content (AvgIpc) is 2.25. The van der Waals surface area contributed by atoms with Gasteiger partial charge in [0, 0.05) is 11.1 Å². The molecule has 2 rings (SSSR count). The van der Waals surface area contributed by atoms with Gasteiger partial charge in [-0.3, -0.25) is 0 Å². The van der Waals surface area contributed by atoms with E-state index in [1.807, 2.05) is 6.07 Å². The van der Waals surface area contributed by atoms with E-state index in [2.05, 4.69) is 56.9 Å². The number of piperidine rings is 1. The third-order valence-corrected chi connectivity index (χ3v) is 4.15. The zero-order valence-electron chi connectivity index (χ0n) is 12.7. The summed E-state index contributed by atoms with van der Waals surface area (Å²) in [6, 6.07) is 11.5. The Morgan fingerprint density at radius 2 is 1.74 bits per heavy atom. The third-order valence-electron chi connectivity index (χ3n) is 4.15. The Labute approximate surface area is 145 Å². The summed E-state index contributed by atoms with van der Waals surface area (Å²) in [7, 11) is 0. The second kappa shape index (κ2) is 7.44. The molecule has 1 aromatic carbocycles. The van der Waals surface area contributed by atoms with Gasteiger partial charge in [0.2, 0.25) is 0 Å². The number of rotatable bonds is 2. The van der Waals surface area contributed by atoms with Crippen LogP contribution in [0.5, 0.6) is 0 Å². The molecule has 0 saturated carbocycles. The van der Waals surface area contributed by atoms with Crippen LogP contribution in [-0.2, 0) is 6.54 Å². The Morgan fingerprint density at radius 3 is 2.21 bits per heavy atom. The minimum Gasteiger partial charge on any atom is -1.00 e. The van der Waals surface area contributed by atoms with Crippen LogP contribution in [0, 0.1) is 6.07 Å². The zero-order valence-corrected chi connectivity index (χ0v) is 15.7. The van der Waals surface area contributed by atoms with E-state index in [1.165, 1.54) is 24.8 Å². The first-order valence-corrected chi connectivity index (χ1v) is 6.65. The van der Waals surface area contributed by atoms with Crippen molar-refractivity contribution in [3.05, 3.63) is 35.9 Å². The van der Waals surface area contributed by atoms with Crippen LogP contribution in [0.3, 0.4) is 0 Å². The molecular weight excluding hydrogens is 310 g/mol. The fourth-order valence-corrected chi connectivity index (χ4v) is 3.18. The number of benzene rings is 1. The predicted molar refractivity (Wildman–Crippen MR) is 78.6 cm³/mol. The fraction of sp³-hybridized carbons (Fsp3) is 0.625. The number of hydrogen-bond donors (Lipinski definition) is 0. The van der Waals surface area contributed by atoms with Crippen molar-refractivity contribution in [3.63, 3.8) is 0 Å². The van der Waals surface area contributed by atoms with Gasteiger partial charge in [-0.05, 0) is 53.5 Å². The fourth-order valence-electron chi connectivity index (χ4n) is 3.18. The van der Waals surface area contributed by atoms with E-state index >= 15 is 0 Å². The van der Waals surface area contributed by atoms with Crippen LogP contribution in [0.4, 0.5) is 0 Å². The third kappa shape index (κ3) is 4.73. The number of nitrogens with zero attached hydrogens (tertiary/aromatic N) is 1.